The highest BCUT2D eigenvalue weighted by atomic mass is 16.2. The van der Waals surface area contributed by atoms with E-state index in [1.165, 1.54) is 5.56 Å². The Morgan fingerprint density at radius 2 is 1.75 bits per heavy atom. The first-order chi connectivity index (χ1) is 11.7. The van der Waals surface area contributed by atoms with Gasteiger partial charge in [-0.1, -0.05) is 6.42 Å². The molecular formula is C18H26N4O2. The van der Waals surface area contributed by atoms with Gasteiger partial charge in [0.05, 0.1) is 6.54 Å². The van der Waals surface area contributed by atoms with Gasteiger partial charge in [-0.2, -0.15) is 0 Å². The minimum Gasteiger partial charge on any atom is -0.339 e. The Morgan fingerprint density at radius 3 is 2.50 bits per heavy atom. The summed E-state index contributed by atoms with van der Waals surface area (Å²) < 4.78 is 0. The third-order valence-corrected chi connectivity index (χ3v) is 4.88. The quantitative estimate of drug-likeness (QED) is 0.830. The van der Waals surface area contributed by atoms with Gasteiger partial charge in [-0.3, -0.25) is 19.5 Å². The highest BCUT2D eigenvalue weighted by Crippen LogP contribution is 2.12. The highest BCUT2D eigenvalue weighted by Gasteiger charge is 2.25. The first-order valence-electron chi connectivity index (χ1n) is 8.89. The fourth-order valence-electron chi connectivity index (χ4n) is 3.37. The second kappa shape index (κ2) is 8.24. The normalized spacial score (nSPS) is 20.1. The molecule has 0 N–H and O–H groups in total. The highest BCUT2D eigenvalue weighted by molar-refractivity contribution is 5.85. The molecule has 0 radical (unpaired) electrons. The maximum absolute atomic E-state index is 12.5. The predicted molar refractivity (Wildman–Crippen MR) is 91.1 cm³/mol. The van der Waals surface area contributed by atoms with Gasteiger partial charge in [0, 0.05) is 58.1 Å². The van der Waals surface area contributed by atoms with Gasteiger partial charge in [-0.05, 0) is 30.5 Å². The van der Waals surface area contributed by atoms with Crippen LogP contribution in [0, 0.1) is 0 Å². The summed E-state index contributed by atoms with van der Waals surface area (Å²) in [5, 5.41) is 0. The number of carbonyl (C=O) groups excluding carboxylic acids is 2. The van der Waals surface area contributed by atoms with Gasteiger partial charge in [-0.25, -0.2) is 0 Å². The molecular weight excluding hydrogens is 304 g/mol. The molecule has 2 fully saturated rings. The van der Waals surface area contributed by atoms with Crippen molar-refractivity contribution in [3.8, 4) is 0 Å². The van der Waals surface area contributed by atoms with Crippen LogP contribution in [-0.2, 0) is 16.1 Å². The summed E-state index contributed by atoms with van der Waals surface area (Å²) >= 11 is 0. The van der Waals surface area contributed by atoms with Crippen molar-refractivity contribution in [3.63, 3.8) is 0 Å². The predicted octanol–water partition coefficient (Wildman–Crippen LogP) is 1.13. The van der Waals surface area contributed by atoms with Gasteiger partial charge in [0.2, 0.25) is 11.8 Å². The summed E-state index contributed by atoms with van der Waals surface area (Å²) in [6.45, 7) is 5.12. The third-order valence-electron chi connectivity index (χ3n) is 4.88. The fraction of sp³-hybridized carbons (Fsp3) is 0.611. The molecule has 3 rings (SSSR count). The minimum atomic E-state index is 0.0915. The zero-order valence-electron chi connectivity index (χ0n) is 14.2. The van der Waals surface area contributed by atoms with Gasteiger partial charge >= 0.3 is 0 Å². The smallest absolute Gasteiger partial charge is 0.242 e. The summed E-state index contributed by atoms with van der Waals surface area (Å²) in [5.74, 6) is 0.228. The van der Waals surface area contributed by atoms with Crippen LogP contribution in [0.25, 0.3) is 0 Å². The Labute approximate surface area is 143 Å². The van der Waals surface area contributed by atoms with Crippen LogP contribution < -0.4 is 0 Å². The monoisotopic (exact) mass is 330 g/mol. The summed E-state index contributed by atoms with van der Waals surface area (Å²) in [6.07, 6.45) is 7.27. The number of aromatic nitrogens is 1. The zero-order chi connectivity index (χ0) is 16.8. The van der Waals surface area contributed by atoms with Crippen molar-refractivity contribution in [2.45, 2.75) is 32.2 Å². The molecule has 0 unspecified atom stereocenters. The molecule has 0 spiro atoms. The van der Waals surface area contributed by atoms with Crippen LogP contribution in [0.2, 0.25) is 0 Å². The van der Waals surface area contributed by atoms with E-state index >= 15 is 0 Å². The van der Waals surface area contributed by atoms with Crippen molar-refractivity contribution in [2.75, 3.05) is 39.3 Å². The van der Waals surface area contributed by atoms with E-state index in [2.05, 4.69) is 9.88 Å². The molecule has 6 nitrogen and oxygen atoms in total. The molecule has 0 atom stereocenters. The lowest BCUT2D eigenvalue weighted by Gasteiger charge is -2.35. The molecule has 0 aromatic carbocycles. The average Bonchev–Trinajstić information content (AvgIpc) is 2.81. The second-order valence-corrected chi connectivity index (χ2v) is 6.64. The van der Waals surface area contributed by atoms with E-state index in [0.29, 0.717) is 6.42 Å². The number of amides is 2. The number of hydrogen-bond donors (Lipinski definition) is 0. The number of rotatable bonds is 4. The summed E-state index contributed by atoms with van der Waals surface area (Å²) in [5.41, 5.74) is 1.25. The van der Waals surface area contributed by atoms with Crippen LogP contribution in [0.3, 0.4) is 0 Å². The molecule has 0 bridgehead atoms. The van der Waals surface area contributed by atoms with E-state index in [-0.39, 0.29) is 18.4 Å². The molecule has 130 valence electrons. The molecule has 0 aliphatic carbocycles. The molecule has 1 aromatic rings. The van der Waals surface area contributed by atoms with Crippen LogP contribution in [0.1, 0.15) is 31.2 Å². The number of pyridine rings is 1. The standard InChI is InChI=1S/C18H26N4O2/c23-17-4-2-1-3-9-22(17)15-18(24)21-12-10-20(11-13-21)14-16-5-7-19-8-6-16/h5-8H,1-4,9-15H2. The molecule has 24 heavy (non-hydrogen) atoms. The first kappa shape index (κ1) is 16.9. The van der Waals surface area contributed by atoms with Crippen LogP contribution in [-0.4, -0.2) is 70.8 Å². The Morgan fingerprint density at radius 1 is 1.00 bits per heavy atom. The van der Waals surface area contributed by atoms with Gasteiger partial charge in [0.1, 0.15) is 0 Å². The lowest BCUT2D eigenvalue weighted by molar-refractivity contribution is -0.141. The Hall–Kier alpha value is -1.95. The lowest BCUT2D eigenvalue weighted by atomic mass is 10.2. The Balaban J connectivity index is 1.45. The molecule has 2 amide bonds. The summed E-state index contributed by atoms with van der Waals surface area (Å²) in [6, 6.07) is 4.06. The summed E-state index contributed by atoms with van der Waals surface area (Å²) in [7, 11) is 0. The van der Waals surface area contributed by atoms with Crippen molar-refractivity contribution in [1.29, 1.82) is 0 Å². The molecule has 3 heterocycles. The van der Waals surface area contributed by atoms with E-state index in [9.17, 15) is 9.59 Å². The average molecular weight is 330 g/mol. The molecule has 0 saturated carbocycles. The van der Waals surface area contributed by atoms with Crippen molar-refractivity contribution in [1.82, 2.24) is 19.7 Å². The summed E-state index contributed by atoms with van der Waals surface area (Å²) in [4.78, 5) is 34.6. The van der Waals surface area contributed by atoms with Crippen molar-refractivity contribution in [3.05, 3.63) is 30.1 Å². The van der Waals surface area contributed by atoms with Crippen molar-refractivity contribution < 1.29 is 9.59 Å². The van der Waals surface area contributed by atoms with Crippen LogP contribution in [0.4, 0.5) is 0 Å². The molecule has 1 aromatic heterocycles. The Kier molecular flexibility index (Phi) is 5.80. The van der Waals surface area contributed by atoms with Crippen molar-refractivity contribution in [2.24, 2.45) is 0 Å². The third kappa shape index (κ3) is 4.54. The zero-order valence-corrected chi connectivity index (χ0v) is 14.2. The number of likely N-dealkylation sites (tertiary alicyclic amines) is 1. The maximum atomic E-state index is 12.5. The molecule has 2 saturated heterocycles. The van der Waals surface area contributed by atoms with Gasteiger partial charge in [0.25, 0.3) is 0 Å². The number of nitrogens with zero attached hydrogens (tertiary/aromatic N) is 4. The van der Waals surface area contributed by atoms with E-state index in [1.54, 1.807) is 4.90 Å². The number of carbonyl (C=O) groups is 2. The van der Waals surface area contributed by atoms with Crippen LogP contribution >= 0.6 is 0 Å². The van der Waals surface area contributed by atoms with Gasteiger partial charge in [-0.15, -0.1) is 0 Å². The molecule has 2 aliphatic heterocycles. The molecule has 2 aliphatic rings. The van der Waals surface area contributed by atoms with Crippen LogP contribution in [0.5, 0.6) is 0 Å². The largest absolute Gasteiger partial charge is 0.339 e. The van der Waals surface area contributed by atoms with E-state index in [4.69, 9.17) is 0 Å². The maximum Gasteiger partial charge on any atom is 0.242 e. The Bertz CT molecular complexity index is 555. The number of hydrogen-bond acceptors (Lipinski definition) is 4. The fourth-order valence-corrected chi connectivity index (χ4v) is 3.37. The number of piperazine rings is 1. The van der Waals surface area contributed by atoms with Crippen molar-refractivity contribution >= 4 is 11.8 Å². The lowest BCUT2D eigenvalue weighted by Crippen LogP contribution is -2.51. The van der Waals surface area contributed by atoms with E-state index < -0.39 is 0 Å². The van der Waals surface area contributed by atoms with E-state index in [1.807, 2.05) is 29.4 Å². The molecule has 6 heteroatoms. The first-order valence-corrected chi connectivity index (χ1v) is 8.89. The topological polar surface area (TPSA) is 56.8 Å². The van der Waals surface area contributed by atoms with Gasteiger partial charge < -0.3 is 9.80 Å². The SMILES string of the molecule is O=C(CN1CCCCCC1=O)N1CCN(Cc2ccncc2)CC1. The second-order valence-electron chi connectivity index (χ2n) is 6.64. The van der Waals surface area contributed by atoms with E-state index in [0.717, 1.165) is 58.5 Å². The van der Waals surface area contributed by atoms with Gasteiger partial charge in [0.15, 0.2) is 0 Å². The van der Waals surface area contributed by atoms with Crippen LogP contribution in [0.15, 0.2) is 24.5 Å². The minimum absolute atomic E-state index is 0.0915.